The number of aryl methyl sites for hydroxylation is 1. The fourth-order valence-electron chi connectivity index (χ4n) is 3.76. The molecule has 2 amide bonds. The van der Waals surface area contributed by atoms with Crippen molar-refractivity contribution in [3.8, 4) is 0 Å². The van der Waals surface area contributed by atoms with Gasteiger partial charge in [-0.2, -0.15) is 0 Å². The zero-order valence-electron chi connectivity index (χ0n) is 16.1. The molecule has 1 aliphatic heterocycles. The smallest absolute Gasteiger partial charge is 0.220 e. The number of hydrogen-bond donors (Lipinski definition) is 2. The third-order valence-electron chi connectivity index (χ3n) is 5.36. The van der Waals surface area contributed by atoms with E-state index >= 15 is 0 Å². The Labute approximate surface area is 165 Å². The monoisotopic (exact) mass is 384 g/mol. The summed E-state index contributed by atoms with van der Waals surface area (Å²) in [5, 5.41) is 8.35. The molecular weight excluding hydrogens is 356 g/mol. The van der Waals surface area contributed by atoms with Crippen LogP contribution in [0.15, 0.2) is 41.8 Å². The molecule has 1 aromatic carbocycles. The highest BCUT2D eigenvalue weighted by Gasteiger charge is 2.37. The first kappa shape index (κ1) is 19.6. The molecule has 2 heterocycles. The molecule has 4 nitrogen and oxygen atoms in total. The predicted molar refractivity (Wildman–Crippen MR) is 110 cm³/mol. The molecule has 1 aromatic heterocycles. The maximum atomic E-state index is 12.6. The Morgan fingerprint density at radius 1 is 1.30 bits per heavy atom. The summed E-state index contributed by atoms with van der Waals surface area (Å²) in [6, 6.07) is 12.6. The molecule has 5 heteroatoms. The van der Waals surface area contributed by atoms with Crippen molar-refractivity contribution in [1.82, 2.24) is 10.6 Å². The lowest BCUT2D eigenvalue weighted by Crippen LogP contribution is -2.44. The molecule has 1 fully saturated rings. The molecule has 144 valence electrons. The SMILES string of the molecule is CC[C@@H](NC(=O)CC[C@@]1(Cc2ccc(C)cc2)CCC(=O)N1)c1cccs1. The van der Waals surface area contributed by atoms with E-state index in [1.54, 1.807) is 11.3 Å². The van der Waals surface area contributed by atoms with E-state index in [1.807, 2.05) is 11.4 Å². The van der Waals surface area contributed by atoms with Crippen molar-refractivity contribution in [2.24, 2.45) is 0 Å². The van der Waals surface area contributed by atoms with Gasteiger partial charge in [0.15, 0.2) is 0 Å². The standard InChI is InChI=1S/C22H28N2O2S/c1-3-18(19-5-4-14-27-19)23-20(25)10-12-22(13-11-21(26)24-22)15-17-8-6-16(2)7-9-17/h4-9,14,18H,3,10-13,15H2,1-2H3,(H,23,25)(H,24,26)/t18-,22+/m1/s1. The first-order valence-electron chi connectivity index (χ1n) is 9.69. The number of carbonyl (C=O) groups is 2. The minimum atomic E-state index is -0.311. The third kappa shape index (κ3) is 5.19. The summed E-state index contributed by atoms with van der Waals surface area (Å²) in [6.07, 6.45) is 4.06. The Balaban J connectivity index is 1.62. The highest BCUT2D eigenvalue weighted by molar-refractivity contribution is 7.10. The summed E-state index contributed by atoms with van der Waals surface area (Å²) in [5.41, 5.74) is 2.11. The predicted octanol–water partition coefficient (Wildman–Crippen LogP) is 4.30. The molecule has 1 aliphatic rings. The van der Waals surface area contributed by atoms with Crippen LogP contribution >= 0.6 is 11.3 Å². The normalized spacial score (nSPS) is 20.3. The van der Waals surface area contributed by atoms with Gasteiger partial charge in [0.25, 0.3) is 0 Å². The second-order valence-electron chi connectivity index (χ2n) is 7.53. The summed E-state index contributed by atoms with van der Waals surface area (Å²) in [5.74, 6) is 0.146. The van der Waals surface area contributed by atoms with Crippen LogP contribution in [-0.2, 0) is 16.0 Å². The van der Waals surface area contributed by atoms with Crippen LogP contribution in [0.2, 0.25) is 0 Å². The number of thiophene rings is 1. The summed E-state index contributed by atoms with van der Waals surface area (Å²) >= 11 is 1.67. The minimum absolute atomic E-state index is 0.0553. The Morgan fingerprint density at radius 3 is 2.67 bits per heavy atom. The Morgan fingerprint density at radius 2 is 2.07 bits per heavy atom. The van der Waals surface area contributed by atoms with E-state index in [0.717, 1.165) is 19.3 Å². The maximum Gasteiger partial charge on any atom is 0.220 e. The van der Waals surface area contributed by atoms with Crippen LogP contribution in [0, 0.1) is 6.92 Å². The van der Waals surface area contributed by atoms with E-state index in [4.69, 9.17) is 0 Å². The van der Waals surface area contributed by atoms with E-state index in [2.05, 4.69) is 54.8 Å². The molecular formula is C22H28N2O2S. The van der Waals surface area contributed by atoms with Crippen molar-refractivity contribution in [3.05, 3.63) is 57.8 Å². The zero-order valence-corrected chi connectivity index (χ0v) is 16.9. The van der Waals surface area contributed by atoms with E-state index in [0.29, 0.717) is 19.3 Å². The largest absolute Gasteiger partial charge is 0.350 e. The zero-order chi connectivity index (χ0) is 19.3. The van der Waals surface area contributed by atoms with Gasteiger partial charge in [0, 0.05) is 23.3 Å². The molecule has 0 spiro atoms. The summed E-state index contributed by atoms with van der Waals surface area (Å²) in [6.45, 7) is 4.15. The van der Waals surface area contributed by atoms with Crippen molar-refractivity contribution in [1.29, 1.82) is 0 Å². The third-order valence-corrected chi connectivity index (χ3v) is 6.35. The van der Waals surface area contributed by atoms with Crippen molar-refractivity contribution >= 4 is 23.2 Å². The lowest BCUT2D eigenvalue weighted by Gasteiger charge is -2.29. The number of amides is 2. The molecule has 0 saturated carbocycles. The van der Waals surface area contributed by atoms with Crippen LogP contribution in [-0.4, -0.2) is 17.4 Å². The average Bonchev–Trinajstić information content (AvgIpc) is 3.31. The lowest BCUT2D eigenvalue weighted by atomic mass is 9.84. The topological polar surface area (TPSA) is 58.2 Å². The summed E-state index contributed by atoms with van der Waals surface area (Å²) in [4.78, 5) is 25.7. The minimum Gasteiger partial charge on any atom is -0.350 e. The van der Waals surface area contributed by atoms with Gasteiger partial charge >= 0.3 is 0 Å². The van der Waals surface area contributed by atoms with E-state index in [9.17, 15) is 9.59 Å². The molecule has 0 radical (unpaired) electrons. The van der Waals surface area contributed by atoms with Gasteiger partial charge in [0.2, 0.25) is 11.8 Å². The lowest BCUT2D eigenvalue weighted by molar-refractivity contribution is -0.123. The first-order valence-corrected chi connectivity index (χ1v) is 10.6. The van der Waals surface area contributed by atoms with Crippen LogP contribution in [0.25, 0.3) is 0 Å². The maximum absolute atomic E-state index is 12.6. The fraction of sp³-hybridized carbons (Fsp3) is 0.455. The van der Waals surface area contributed by atoms with Gasteiger partial charge in [-0.3, -0.25) is 9.59 Å². The highest BCUT2D eigenvalue weighted by atomic mass is 32.1. The first-order chi connectivity index (χ1) is 13.0. The molecule has 0 bridgehead atoms. The van der Waals surface area contributed by atoms with Gasteiger partial charge in [0.1, 0.15) is 0 Å². The van der Waals surface area contributed by atoms with E-state index in [-0.39, 0.29) is 23.4 Å². The number of hydrogen-bond acceptors (Lipinski definition) is 3. The van der Waals surface area contributed by atoms with Gasteiger partial charge in [-0.1, -0.05) is 42.8 Å². The van der Waals surface area contributed by atoms with E-state index < -0.39 is 0 Å². The summed E-state index contributed by atoms with van der Waals surface area (Å²) < 4.78 is 0. The van der Waals surface area contributed by atoms with Crippen LogP contribution in [0.5, 0.6) is 0 Å². The quantitative estimate of drug-likeness (QED) is 0.713. The highest BCUT2D eigenvalue weighted by Crippen LogP contribution is 2.30. The van der Waals surface area contributed by atoms with Gasteiger partial charge in [-0.25, -0.2) is 0 Å². The summed E-state index contributed by atoms with van der Waals surface area (Å²) in [7, 11) is 0. The molecule has 3 rings (SSSR count). The molecule has 0 unspecified atom stereocenters. The van der Waals surface area contributed by atoms with Gasteiger partial charge < -0.3 is 10.6 Å². The average molecular weight is 385 g/mol. The van der Waals surface area contributed by atoms with Crippen molar-refractivity contribution < 1.29 is 9.59 Å². The number of benzene rings is 1. The van der Waals surface area contributed by atoms with Crippen LogP contribution in [0.3, 0.4) is 0 Å². The number of carbonyl (C=O) groups excluding carboxylic acids is 2. The second kappa shape index (κ2) is 8.70. The van der Waals surface area contributed by atoms with Crippen molar-refractivity contribution in [3.63, 3.8) is 0 Å². The Hall–Kier alpha value is -2.14. The molecule has 2 atom stereocenters. The van der Waals surface area contributed by atoms with Crippen molar-refractivity contribution in [2.45, 2.75) is 64.0 Å². The van der Waals surface area contributed by atoms with Crippen LogP contribution in [0.1, 0.15) is 61.1 Å². The second-order valence-corrected chi connectivity index (χ2v) is 8.51. The van der Waals surface area contributed by atoms with Gasteiger partial charge in [0.05, 0.1) is 6.04 Å². The van der Waals surface area contributed by atoms with Crippen LogP contribution < -0.4 is 10.6 Å². The molecule has 1 saturated heterocycles. The Kier molecular flexibility index (Phi) is 6.32. The number of nitrogens with one attached hydrogen (secondary N) is 2. The van der Waals surface area contributed by atoms with Gasteiger partial charge in [-0.05, 0) is 49.6 Å². The molecule has 0 aliphatic carbocycles. The molecule has 2 aromatic rings. The van der Waals surface area contributed by atoms with Crippen LogP contribution in [0.4, 0.5) is 0 Å². The number of rotatable bonds is 8. The van der Waals surface area contributed by atoms with Gasteiger partial charge in [-0.15, -0.1) is 11.3 Å². The van der Waals surface area contributed by atoms with E-state index in [1.165, 1.54) is 16.0 Å². The Bertz CT molecular complexity index is 770. The fourth-order valence-corrected chi connectivity index (χ4v) is 4.62. The molecule has 2 N–H and O–H groups in total. The molecule has 27 heavy (non-hydrogen) atoms. The van der Waals surface area contributed by atoms with Crippen molar-refractivity contribution in [2.75, 3.05) is 0 Å².